The van der Waals surface area contributed by atoms with Crippen molar-refractivity contribution in [2.45, 2.75) is 6.10 Å². The van der Waals surface area contributed by atoms with Gasteiger partial charge in [-0.25, -0.2) is 4.39 Å². The summed E-state index contributed by atoms with van der Waals surface area (Å²) in [6, 6.07) is 9.65. The molecule has 2 N–H and O–H groups in total. The van der Waals surface area contributed by atoms with E-state index in [1.807, 2.05) is 0 Å². The first kappa shape index (κ1) is 14.0. The van der Waals surface area contributed by atoms with Gasteiger partial charge in [0.05, 0.1) is 11.1 Å². The van der Waals surface area contributed by atoms with E-state index in [2.05, 4.69) is 5.32 Å². The van der Waals surface area contributed by atoms with Crippen LogP contribution >= 0.6 is 11.6 Å². The minimum absolute atomic E-state index is 0.0665. The molecule has 2 aromatic rings. The standard InChI is InChI=1S/C15H13ClFNO3/c16-11-3-2-10(6-12(11)17)18-7-13(19)9-1-4-14-15(5-9)21-8-20-14/h1-6,13,18-19H,7-8H2. The van der Waals surface area contributed by atoms with Crippen LogP contribution in [0.25, 0.3) is 0 Å². The summed E-state index contributed by atoms with van der Waals surface area (Å²) in [5.41, 5.74) is 1.25. The Kier molecular flexibility index (Phi) is 3.86. The number of hydrogen-bond acceptors (Lipinski definition) is 4. The summed E-state index contributed by atoms with van der Waals surface area (Å²) in [6.07, 6.45) is -0.752. The Balaban J connectivity index is 1.66. The molecular weight excluding hydrogens is 297 g/mol. The van der Waals surface area contributed by atoms with Crippen LogP contribution in [0.1, 0.15) is 11.7 Å². The van der Waals surface area contributed by atoms with Crippen molar-refractivity contribution in [3.05, 3.63) is 52.8 Å². The molecule has 1 atom stereocenters. The summed E-state index contributed by atoms with van der Waals surface area (Å²) in [7, 11) is 0. The minimum atomic E-state index is -0.752. The second-order valence-corrected chi connectivity index (χ2v) is 5.05. The lowest BCUT2D eigenvalue weighted by Gasteiger charge is -2.14. The first-order valence-corrected chi connectivity index (χ1v) is 6.78. The summed E-state index contributed by atoms with van der Waals surface area (Å²) in [4.78, 5) is 0. The van der Waals surface area contributed by atoms with Crippen LogP contribution in [0.3, 0.4) is 0 Å². The molecule has 0 aliphatic carbocycles. The fourth-order valence-corrected chi connectivity index (χ4v) is 2.18. The van der Waals surface area contributed by atoms with E-state index in [0.717, 1.165) is 0 Å². The number of anilines is 1. The van der Waals surface area contributed by atoms with Gasteiger partial charge in [-0.2, -0.15) is 0 Å². The van der Waals surface area contributed by atoms with Crippen LogP contribution in [0, 0.1) is 5.82 Å². The van der Waals surface area contributed by atoms with E-state index in [0.29, 0.717) is 22.7 Å². The van der Waals surface area contributed by atoms with Crippen LogP contribution in [-0.4, -0.2) is 18.4 Å². The van der Waals surface area contributed by atoms with Gasteiger partial charge in [0, 0.05) is 12.2 Å². The van der Waals surface area contributed by atoms with Crippen LogP contribution in [0.2, 0.25) is 5.02 Å². The zero-order valence-corrected chi connectivity index (χ0v) is 11.7. The van der Waals surface area contributed by atoms with Gasteiger partial charge in [0.25, 0.3) is 0 Å². The fourth-order valence-electron chi connectivity index (χ4n) is 2.06. The Hall–Kier alpha value is -1.98. The molecule has 21 heavy (non-hydrogen) atoms. The highest BCUT2D eigenvalue weighted by molar-refractivity contribution is 6.30. The minimum Gasteiger partial charge on any atom is -0.454 e. The normalized spacial score (nSPS) is 14.0. The maximum absolute atomic E-state index is 13.3. The zero-order chi connectivity index (χ0) is 14.8. The molecule has 4 nitrogen and oxygen atoms in total. The number of fused-ring (bicyclic) bond motifs is 1. The summed E-state index contributed by atoms with van der Waals surface area (Å²) in [5, 5.41) is 13.2. The molecule has 2 aromatic carbocycles. The first-order chi connectivity index (χ1) is 10.1. The highest BCUT2D eigenvalue weighted by Gasteiger charge is 2.16. The van der Waals surface area contributed by atoms with Crippen molar-refractivity contribution < 1.29 is 19.0 Å². The maximum atomic E-state index is 13.3. The molecule has 0 amide bonds. The number of benzene rings is 2. The van der Waals surface area contributed by atoms with Gasteiger partial charge < -0.3 is 19.9 Å². The molecule has 1 aliphatic rings. The molecular formula is C15H13ClFNO3. The third-order valence-electron chi connectivity index (χ3n) is 3.20. The van der Waals surface area contributed by atoms with E-state index >= 15 is 0 Å². The number of ether oxygens (including phenoxy) is 2. The number of nitrogens with one attached hydrogen (secondary N) is 1. The molecule has 0 saturated carbocycles. The molecule has 1 unspecified atom stereocenters. The van der Waals surface area contributed by atoms with Crippen molar-refractivity contribution in [3.8, 4) is 11.5 Å². The smallest absolute Gasteiger partial charge is 0.231 e. The molecule has 0 bridgehead atoms. The third-order valence-corrected chi connectivity index (χ3v) is 3.51. The molecule has 0 saturated heterocycles. The number of aliphatic hydroxyl groups is 1. The number of halogens is 2. The molecule has 0 fully saturated rings. The van der Waals surface area contributed by atoms with E-state index in [1.165, 1.54) is 12.1 Å². The highest BCUT2D eigenvalue weighted by atomic mass is 35.5. The molecule has 6 heteroatoms. The number of rotatable bonds is 4. The van der Waals surface area contributed by atoms with Crippen molar-refractivity contribution >= 4 is 17.3 Å². The van der Waals surface area contributed by atoms with Crippen LogP contribution < -0.4 is 14.8 Å². The van der Waals surface area contributed by atoms with Crippen LogP contribution in [0.15, 0.2) is 36.4 Å². The topological polar surface area (TPSA) is 50.7 Å². The monoisotopic (exact) mass is 309 g/mol. The number of aliphatic hydroxyl groups excluding tert-OH is 1. The second kappa shape index (κ2) is 5.79. The van der Waals surface area contributed by atoms with Crippen LogP contribution in [0.5, 0.6) is 11.5 Å². The quantitative estimate of drug-likeness (QED) is 0.909. The largest absolute Gasteiger partial charge is 0.454 e. The van der Waals surface area contributed by atoms with Gasteiger partial charge in [0.2, 0.25) is 6.79 Å². The lowest BCUT2D eigenvalue weighted by Crippen LogP contribution is -2.12. The van der Waals surface area contributed by atoms with Crippen molar-refractivity contribution in [1.29, 1.82) is 0 Å². The average Bonchev–Trinajstić information content (AvgIpc) is 2.95. The van der Waals surface area contributed by atoms with Crippen molar-refractivity contribution in [2.75, 3.05) is 18.7 Å². The van der Waals surface area contributed by atoms with Gasteiger partial charge in [-0.1, -0.05) is 17.7 Å². The predicted molar refractivity (Wildman–Crippen MR) is 77.4 cm³/mol. The lowest BCUT2D eigenvalue weighted by molar-refractivity contribution is 0.173. The fraction of sp³-hybridized carbons (Fsp3) is 0.200. The Morgan fingerprint density at radius 2 is 2.00 bits per heavy atom. The van der Waals surface area contributed by atoms with Gasteiger partial charge in [0.1, 0.15) is 5.82 Å². The second-order valence-electron chi connectivity index (χ2n) is 4.64. The molecule has 0 spiro atoms. The SMILES string of the molecule is OC(CNc1ccc(Cl)c(F)c1)c1ccc2c(c1)OCO2. The van der Waals surface area contributed by atoms with E-state index in [9.17, 15) is 9.50 Å². The highest BCUT2D eigenvalue weighted by Crippen LogP contribution is 2.34. The maximum Gasteiger partial charge on any atom is 0.231 e. The Morgan fingerprint density at radius 1 is 1.19 bits per heavy atom. The van der Waals surface area contributed by atoms with E-state index in [1.54, 1.807) is 24.3 Å². The third kappa shape index (κ3) is 3.04. The summed E-state index contributed by atoms with van der Waals surface area (Å²) in [5.74, 6) is 0.780. The zero-order valence-electron chi connectivity index (χ0n) is 11.0. The predicted octanol–water partition coefficient (Wildman–Crippen LogP) is 3.35. The van der Waals surface area contributed by atoms with Crippen molar-refractivity contribution in [1.82, 2.24) is 0 Å². The Bertz CT molecular complexity index is 665. The Labute approximate surface area is 126 Å². The first-order valence-electron chi connectivity index (χ1n) is 6.40. The molecule has 0 aromatic heterocycles. The van der Waals surface area contributed by atoms with Crippen LogP contribution in [0.4, 0.5) is 10.1 Å². The summed E-state index contributed by atoms with van der Waals surface area (Å²) >= 11 is 5.62. The summed E-state index contributed by atoms with van der Waals surface area (Å²) < 4.78 is 23.8. The van der Waals surface area contributed by atoms with Gasteiger partial charge >= 0.3 is 0 Å². The van der Waals surface area contributed by atoms with Crippen molar-refractivity contribution in [3.63, 3.8) is 0 Å². The van der Waals surface area contributed by atoms with E-state index < -0.39 is 11.9 Å². The molecule has 0 radical (unpaired) electrons. The summed E-state index contributed by atoms with van der Waals surface area (Å²) in [6.45, 7) is 0.428. The average molecular weight is 310 g/mol. The van der Waals surface area contributed by atoms with Gasteiger partial charge in [-0.3, -0.25) is 0 Å². The number of hydrogen-bond donors (Lipinski definition) is 2. The van der Waals surface area contributed by atoms with E-state index in [4.69, 9.17) is 21.1 Å². The van der Waals surface area contributed by atoms with Gasteiger partial charge in [-0.05, 0) is 35.9 Å². The molecule has 1 heterocycles. The van der Waals surface area contributed by atoms with E-state index in [-0.39, 0.29) is 18.4 Å². The van der Waals surface area contributed by atoms with Crippen LogP contribution in [-0.2, 0) is 0 Å². The molecule has 110 valence electrons. The van der Waals surface area contributed by atoms with Crippen molar-refractivity contribution in [2.24, 2.45) is 0 Å². The van der Waals surface area contributed by atoms with Gasteiger partial charge in [-0.15, -0.1) is 0 Å². The lowest BCUT2D eigenvalue weighted by atomic mass is 10.1. The Morgan fingerprint density at radius 3 is 2.81 bits per heavy atom. The molecule has 3 rings (SSSR count). The molecule has 1 aliphatic heterocycles. The van der Waals surface area contributed by atoms with Gasteiger partial charge in [0.15, 0.2) is 11.5 Å².